The van der Waals surface area contributed by atoms with Crippen LogP contribution in [0.5, 0.6) is 5.75 Å². The minimum absolute atomic E-state index is 0.127. The van der Waals surface area contributed by atoms with Gasteiger partial charge in [-0.05, 0) is 31.9 Å². The molecule has 0 heterocycles. The number of carbonyl (C=O) groups is 1. The Balaban J connectivity index is 1.97. The molecule has 0 aromatic heterocycles. The van der Waals surface area contributed by atoms with Crippen LogP contribution in [0.25, 0.3) is 0 Å². The number of nitrogens with one attached hydrogen (secondary N) is 1. The summed E-state index contributed by atoms with van der Waals surface area (Å²) in [7, 11) is 0. The van der Waals surface area contributed by atoms with Crippen LogP contribution in [0.4, 0.5) is 0 Å². The maximum absolute atomic E-state index is 11.7. The third kappa shape index (κ3) is 3.14. The first-order chi connectivity index (χ1) is 8.60. The van der Waals surface area contributed by atoms with Crippen molar-refractivity contribution in [3.05, 3.63) is 28.8 Å². The minimum Gasteiger partial charge on any atom is -0.481 e. The van der Waals surface area contributed by atoms with Gasteiger partial charge in [0.2, 0.25) is 0 Å². The molecule has 1 unspecified atom stereocenters. The fourth-order valence-corrected chi connectivity index (χ4v) is 1.68. The number of hydrogen-bond acceptors (Lipinski definition) is 3. The lowest BCUT2D eigenvalue weighted by molar-refractivity contribution is -0.127. The fraction of sp³-hybridized carbons (Fsp3) is 0.385. The molecule has 1 N–H and O–H groups in total. The van der Waals surface area contributed by atoms with Crippen LogP contribution in [-0.2, 0) is 4.79 Å². The smallest absolute Gasteiger partial charge is 0.260 e. The Morgan fingerprint density at radius 2 is 2.33 bits per heavy atom. The van der Waals surface area contributed by atoms with Crippen LogP contribution in [0.2, 0.25) is 5.02 Å². The molecule has 0 saturated heterocycles. The van der Waals surface area contributed by atoms with E-state index in [0.29, 0.717) is 22.4 Å². The number of carbonyl (C=O) groups excluding carboxylic acids is 1. The van der Waals surface area contributed by atoms with E-state index in [0.717, 1.165) is 12.8 Å². The zero-order chi connectivity index (χ0) is 13.1. The zero-order valence-electron chi connectivity index (χ0n) is 9.94. The lowest BCUT2D eigenvalue weighted by atomic mass is 10.2. The average molecular weight is 265 g/mol. The zero-order valence-corrected chi connectivity index (χ0v) is 10.7. The van der Waals surface area contributed by atoms with Gasteiger partial charge in [0.25, 0.3) is 5.91 Å². The predicted molar refractivity (Wildman–Crippen MR) is 67.4 cm³/mol. The van der Waals surface area contributed by atoms with E-state index < -0.39 is 6.10 Å². The molecule has 1 aliphatic rings. The molecule has 1 fully saturated rings. The standard InChI is InChI=1S/C13H13ClN2O2/c1-8(13(17)16-10-3-4-10)18-11-5-2-9(7-15)12(14)6-11/h2,5-6,8,10H,3-4H2,1H3,(H,16,17). The molecule has 0 bridgehead atoms. The molecule has 18 heavy (non-hydrogen) atoms. The van der Waals surface area contributed by atoms with E-state index >= 15 is 0 Å². The van der Waals surface area contributed by atoms with E-state index in [2.05, 4.69) is 5.32 Å². The van der Waals surface area contributed by atoms with Crippen molar-refractivity contribution in [1.29, 1.82) is 5.26 Å². The molecule has 1 aromatic carbocycles. The Bertz CT molecular complexity index is 506. The molecule has 1 aromatic rings. The van der Waals surface area contributed by atoms with Crippen LogP contribution in [-0.4, -0.2) is 18.1 Å². The summed E-state index contributed by atoms with van der Waals surface area (Å²) >= 11 is 5.88. The fourth-order valence-electron chi connectivity index (χ4n) is 1.46. The average Bonchev–Trinajstić information content (AvgIpc) is 3.13. The van der Waals surface area contributed by atoms with Crippen LogP contribution < -0.4 is 10.1 Å². The van der Waals surface area contributed by atoms with Crippen LogP contribution in [0, 0.1) is 11.3 Å². The Kier molecular flexibility index (Phi) is 3.73. The van der Waals surface area contributed by atoms with Gasteiger partial charge in [0, 0.05) is 12.1 Å². The summed E-state index contributed by atoms with van der Waals surface area (Å²) in [6.45, 7) is 1.68. The number of hydrogen-bond donors (Lipinski definition) is 1. The Morgan fingerprint density at radius 1 is 1.61 bits per heavy atom. The molecule has 2 rings (SSSR count). The highest BCUT2D eigenvalue weighted by atomic mass is 35.5. The Labute approximate surface area is 111 Å². The molecule has 4 nitrogen and oxygen atoms in total. The van der Waals surface area contributed by atoms with Gasteiger partial charge in [-0.2, -0.15) is 5.26 Å². The lowest BCUT2D eigenvalue weighted by Gasteiger charge is -2.14. The first-order valence-corrected chi connectivity index (χ1v) is 6.14. The van der Waals surface area contributed by atoms with Gasteiger partial charge in [0.15, 0.2) is 6.10 Å². The summed E-state index contributed by atoms with van der Waals surface area (Å²) in [5, 5.41) is 11.9. The highest BCUT2D eigenvalue weighted by molar-refractivity contribution is 6.31. The molecular formula is C13H13ClN2O2. The second-order valence-electron chi connectivity index (χ2n) is 4.30. The van der Waals surface area contributed by atoms with Crippen molar-refractivity contribution in [1.82, 2.24) is 5.32 Å². The number of halogens is 1. The van der Waals surface area contributed by atoms with Crippen LogP contribution in [0.3, 0.4) is 0 Å². The largest absolute Gasteiger partial charge is 0.481 e. The van der Waals surface area contributed by atoms with Gasteiger partial charge in [0.05, 0.1) is 10.6 Å². The van der Waals surface area contributed by atoms with Crippen molar-refractivity contribution in [2.75, 3.05) is 0 Å². The van der Waals surface area contributed by atoms with E-state index in [-0.39, 0.29) is 5.91 Å². The van der Waals surface area contributed by atoms with Crippen molar-refractivity contribution in [3.63, 3.8) is 0 Å². The van der Waals surface area contributed by atoms with Crippen molar-refractivity contribution in [2.45, 2.75) is 31.9 Å². The highest BCUT2D eigenvalue weighted by Crippen LogP contribution is 2.23. The number of nitrogens with zero attached hydrogens (tertiary/aromatic N) is 1. The summed E-state index contributed by atoms with van der Waals surface area (Å²) in [4.78, 5) is 11.7. The first kappa shape index (κ1) is 12.7. The summed E-state index contributed by atoms with van der Waals surface area (Å²) in [6.07, 6.45) is 1.51. The van der Waals surface area contributed by atoms with Gasteiger partial charge < -0.3 is 10.1 Å². The number of amides is 1. The molecule has 0 aliphatic heterocycles. The quantitative estimate of drug-likeness (QED) is 0.907. The van der Waals surface area contributed by atoms with E-state index in [1.54, 1.807) is 25.1 Å². The van der Waals surface area contributed by atoms with Crippen LogP contribution in [0.1, 0.15) is 25.3 Å². The topological polar surface area (TPSA) is 62.1 Å². The molecule has 1 amide bonds. The van der Waals surface area contributed by atoms with Crippen molar-refractivity contribution in [2.24, 2.45) is 0 Å². The van der Waals surface area contributed by atoms with E-state index in [1.807, 2.05) is 6.07 Å². The van der Waals surface area contributed by atoms with E-state index in [9.17, 15) is 4.79 Å². The van der Waals surface area contributed by atoms with Crippen molar-refractivity contribution >= 4 is 17.5 Å². The minimum atomic E-state index is -0.574. The first-order valence-electron chi connectivity index (χ1n) is 5.77. The normalized spacial score (nSPS) is 15.6. The summed E-state index contributed by atoms with van der Waals surface area (Å²) in [6, 6.07) is 7.02. The maximum atomic E-state index is 11.7. The summed E-state index contributed by atoms with van der Waals surface area (Å²) in [5.74, 6) is 0.357. The molecule has 1 atom stereocenters. The molecule has 0 spiro atoms. The molecule has 0 radical (unpaired) electrons. The number of rotatable bonds is 4. The van der Waals surface area contributed by atoms with Crippen LogP contribution in [0.15, 0.2) is 18.2 Å². The summed E-state index contributed by atoms with van der Waals surface area (Å²) < 4.78 is 5.48. The van der Waals surface area contributed by atoms with Gasteiger partial charge in [-0.25, -0.2) is 0 Å². The predicted octanol–water partition coefficient (Wildman–Crippen LogP) is 2.26. The number of benzene rings is 1. The molecule has 1 aliphatic carbocycles. The molecule has 1 saturated carbocycles. The highest BCUT2D eigenvalue weighted by Gasteiger charge is 2.26. The SMILES string of the molecule is CC(Oc1ccc(C#N)c(Cl)c1)C(=O)NC1CC1. The van der Waals surface area contributed by atoms with Gasteiger partial charge in [-0.1, -0.05) is 11.6 Å². The number of nitriles is 1. The van der Waals surface area contributed by atoms with Crippen LogP contribution >= 0.6 is 11.6 Å². The lowest BCUT2D eigenvalue weighted by Crippen LogP contribution is -2.37. The third-order valence-electron chi connectivity index (χ3n) is 2.67. The Hall–Kier alpha value is -1.73. The number of ether oxygens (including phenoxy) is 1. The van der Waals surface area contributed by atoms with E-state index in [1.165, 1.54) is 0 Å². The second kappa shape index (κ2) is 5.28. The summed E-state index contributed by atoms with van der Waals surface area (Å²) in [5.41, 5.74) is 0.388. The van der Waals surface area contributed by atoms with Gasteiger partial charge in [-0.15, -0.1) is 0 Å². The molecule has 94 valence electrons. The van der Waals surface area contributed by atoms with Crippen molar-refractivity contribution in [3.8, 4) is 11.8 Å². The third-order valence-corrected chi connectivity index (χ3v) is 2.98. The molecular weight excluding hydrogens is 252 g/mol. The van der Waals surface area contributed by atoms with Crippen molar-refractivity contribution < 1.29 is 9.53 Å². The Morgan fingerprint density at radius 3 is 2.89 bits per heavy atom. The second-order valence-corrected chi connectivity index (χ2v) is 4.70. The molecule has 5 heteroatoms. The van der Waals surface area contributed by atoms with Gasteiger partial charge in [-0.3, -0.25) is 4.79 Å². The van der Waals surface area contributed by atoms with Gasteiger partial charge >= 0.3 is 0 Å². The maximum Gasteiger partial charge on any atom is 0.260 e. The van der Waals surface area contributed by atoms with Gasteiger partial charge in [0.1, 0.15) is 11.8 Å². The van der Waals surface area contributed by atoms with E-state index in [4.69, 9.17) is 21.6 Å². The monoisotopic (exact) mass is 264 g/mol.